The Kier molecular flexibility index (Phi) is 2.50. The number of rotatable bonds is 3. The first-order chi connectivity index (χ1) is 5.99. The second-order valence-electron chi connectivity index (χ2n) is 3.81. The van der Waals surface area contributed by atoms with Gasteiger partial charge in [-0.05, 0) is 6.42 Å². The van der Waals surface area contributed by atoms with Crippen LogP contribution in [0.15, 0.2) is 6.20 Å². The van der Waals surface area contributed by atoms with E-state index in [2.05, 4.69) is 10.3 Å². The molecule has 1 rings (SSSR count). The van der Waals surface area contributed by atoms with Crippen LogP contribution in [0.2, 0.25) is 0 Å². The molecule has 1 aromatic rings. The summed E-state index contributed by atoms with van der Waals surface area (Å²) >= 11 is 0. The second kappa shape index (κ2) is 3.28. The van der Waals surface area contributed by atoms with Gasteiger partial charge in [0.05, 0.1) is 6.20 Å². The van der Waals surface area contributed by atoms with Gasteiger partial charge >= 0.3 is 0 Å². The number of nitrogens with zero attached hydrogens (tertiary/aromatic N) is 3. The van der Waals surface area contributed by atoms with E-state index in [4.69, 9.17) is 0 Å². The lowest BCUT2D eigenvalue weighted by molar-refractivity contribution is 0.0822. The largest absolute Gasteiger partial charge is 0.292 e. The van der Waals surface area contributed by atoms with Crippen molar-refractivity contribution in [3.63, 3.8) is 0 Å². The quantitative estimate of drug-likeness (QED) is 0.663. The topological polar surface area (TPSA) is 47.8 Å². The molecule has 0 aliphatic heterocycles. The molecule has 0 N–H and O–H groups in total. The SMILES string of the molecule is CCC(C)(C)C(=O)c1cnnn1C. The number of carbonyl (C=O) groups is 1. The number of carbonyl (C=O) groups excluding carboxylic acids is 1. The van der Waals surface area contributed by atoms with Crippen LogP contribution in [-0.4, -0.2) is 20.8 Å². The average Bonchev–Trinajstić information content (AvgIpc) is 2.50. The molecule has 4 heteroatoms. The summed E-state index contributed by atoms with van der Waals surface area (Å²) in [7, 11) is 1.73. The van der Waals surface area contributed by atoms with E-state index >= 15 is 0 Å². The highest BCUT2D eigenvalue weighted by molar-refractivity contribution is 5.98. The molecular weight excluding hydrogens is 166 g/mol. The predicted molar refractivity (Wildman–Crippen MR) is 49.4 cm³/mol. The van der Waals surface area contributed by atoms with Gasteiger partial charge in [-0.3, -0.25) is 4.79 Å². The molecule has 0 unspecified atom stereocenters. The Labute approximate surface area is 77.9 Å². The summed E-state index contributed by atoms with van der Waals surface area (Å²) in [6.45, 7) is 5.87. The Morgan fingerprint density at radius 1 is 1.62 bits per heavy atom. The molecule has 72 valence electrons. The van der Waals surface area contributed by atoms with Crippen molar-refractivity contribution in [2.45, 2.75) is 27.2 Å². The van der Waals surface area contributed by atoms with Gasteiger partial charge in [-0.1, -0.05) is 26.0 Å². The maximum absolute atomic E-state index is 11.9. The van der Waals surface area contributed by atoms with Gasteiger partial charge in [0.25, 0.3) is 0 Å². The van der Waals surface area contributed by atoms with Crippen LogP contribution in [-0.2, 0) is 7.05 Å². The Hall–Kier alpha value is -1.19. The van der Waals surface area contributed by atoms with Gasteiger partial charge in [-0.15, -0.1) is 5.10 Å². The summed E-state index contributed by atoms with van der Waals surface area (Å²) in [6.07, 6.45) is 2.33. The van der Waals surface area contributed by atoms with Crippen molar-refractivity contribution < 1.29 is 4.79 Å². The monoisotopic (exact) mass is 181 g/mol. The number of ketones is 1. The highest BCUT2D eigenvalue weighted by Crippen LogP contribution is 2.24. The zero-order chi connectivity index (χ0) is 10.1. The van der Waals surface area contributed by atoms with Crippen LogP contribution < -0.4 is 0 Å². The van der Waals surface area contributed by atoms with Gasteiger partial charge in [-0.2, -0.15) is 0 Å². The summed E-state index contributed by atoms with van der Waals surface area (Å²) in [5.74, 6) is 0.0995. The highest BCUT2D eigenvalue weighted by Gasteiger charge is 2.28. The van der Waals surface area contributed by atoms with Gasteiger partial charge < -0.3 is 0 Å². The molecular formula is C9H15N3O. The molecule has 1 aromatic heterocycles. The minimum Gasteiger partial charge on any atom is -0.292 e. The minimum absolute atomic E-state index is 0.0995. The smallest absolute Gasteiger partial charge is 0.188 e. The lowest BCUT2D eigenvalue weighted by Crippen LogP contribution is -2.25. The number of aryl methyl sites for hydroxylation is 1. The summed E-state index contributed by atoms with van der Waals surface area (Å²) in [5.41, 5.74) is 0.252. The standard InChI is InChI=1S/C9H15N3O/c1-5-9(2,3)8(13)7-6-10-11-12(7)4/h6H,5H2,1-4H3. The first-order valence-electron chi connectivity index (χ1n) is 4.38. The van der Waals surface area contributed by atoms with Gasteiger partial charge in [0, 0.05) is 12.5 Å². The maximum atomic E-state index is 11.9. The molecule has 0 amide bonds. The van der Waals surface area contributed by atoms with Crippen molar-refractivity contribution in [1.82, 2.24) is 15.0 Å². The third-order valence-electron chi connectivity index (χ3n) is 2.45. The van der Waals surface area contributed by atoms with Crippen LogP contribution in [0, 0.1) is 5.41 Å². The molecule has 4 nitrogen and oxygen atoms in total. The first kappa shape index (κ1) is 9.89. The maximum Gasteiger partial charge on any atom is 0.188 e. The van der Waals surface area contributed by atoms with E-state index in [0.29, 0.717) is 5.69 Å². The second-order valence-corrected chi connectivity index (χ2v) is 3.81. The van der Waals surface area contributed by atoms with Crippen LogP contribution in [0.1, 0.15) is 37.7 Å². The molecule has 0 fully saturated rings. The van der Waals surface area contributed by atoms with Crippen LogP contribution in [0.4, 0.5) is 0 Å². The van der Waals surface area contributed by atoms with E-state index < -0.39 is 0 Å². The number of hydrogen-bond acceptors (Lipinski definition) is 3. The molecule has 0 atom stereocenters. The third-order valence-corrected chi connectivity index (χ3v) is 2.45. The van der Waals surface area contributed by atoms with Crippen molar-refractivity contribution in [3.05, 3.63) is 11.9 Å². The minimum atomic E-state index is -0.324. The molecule has 0 aliphatic rings. The van der Waals surface area contributed by atoms with E-state index in [1.165, 1.54) is 10.9 Å². The van der Waals surface area contributed by atoms with Gasteiger partial charge in [0.2, 0.25) is 0 Å². The molecule has 0 spiro atoms. The van der Waals surface area contributed by atoms with E-state index in [-0.39, 0.29) is 11.2 Å². The van der Waals surface area contributed by atoms with E-state index in [1.54, 1.807) is 7.05 Å². The highest BCUT2D eigenvalue weighted by atomic mass is 16.1. The number of hydrogen-bond donors (Lipinski definition) is 0. The van der Waals surface area contributed by atoms with E-state index in [1.807, 2.05) is 20.8 Å². The molecule has 0 radical (unpaired) electrons. The molecule has 1 heterocycles. The fraction of sp³-hybridized carbons (Fsp3) is 0.667. The fourth-order valence-corrected chi connectivity index (χ4v) is 1.00. The lowest BCUT2D eigenvalue weighted by atomic mass is 9.84. The van der Waals surface area contributed by atoms with Crippen molar-refractivity contribution in [2.75, 3.05) is 0 Å². The first-order valence-corrected chi connectivity index (χ1v) is 4.38. The third kappa shape index (κ3) is 1.76. The Morgan fingerprint density at radius 2 is 2.23 bits per heavy atom. The fourth-order valence-electron chi connectivity index (χ4n) is 1.00. The van der Waals surface area contributed by atoms with Gasteiger partial charge in [0.1, 0.15) is 5.69 Å². The van der Waals surface area contributed by atoms with Crippen molar-refractivity contribution in [1.29, 1.82) is 0 Å². The predicted octanol–water partition coefficient (Wildman–Crippen LogP) is 1.43. The molecule has 0 saturated heterocycles. The molecule has 0 saturated carbocycles. The normalized spacial score (nSPS) is 11.7. The van der Waals surface area contributed by atoms with Crippen molar-refractivity contribution in [2.24, 2.45) is 12.5 Å². The molecule has 0 aliphatic carbocycles. The lowest BCUT2D eigenvalue weighted by Gasteiger charge is -2.19. The molecule has 13 heavy (non-hydrogen) atoms. The van der Waals surface area contributed by atoms with Crippen molar-refractivity contribution in [3.8, 4) is 0 Å². The summed E-state index contributed by atoms with van der Waals surface area (Å²) in [5, 5.41) is 7.41. The average molecular weight is 181 g/mol. The Balaban J connectivity index is 2.98. The zero-order valence-corrected chi connectivity index (χ0v) is 8.53. The number of aromatic nitrogens is 3. The van der Waals surface area contributed by atoms with Crippen LogP contribution in [0.3, 0.4) is 0 Å². The number of Topliss-reactive ketones (excluding diaryl/α,β-unsaturated/α-hetero) is 1. The van der Waals surface area contributed by atoms with E-state index in [0.717, 1.165) is 6.42 Å². The Bertz CT molecular complexity index is 314. The molecule has 0 bridgehead atoms. The van der Waals surface area contributed by atoms with Crippen LogP contribution in [0.25, 0.3) is 0 Å². The van der Waals surface area contributed by atoms with Gasteiger partial charge in [0.15, 0.2) is 5.78 Å². The molecule has 0 aromatic carbocycles. The Morgan fingerprint density at radius 3 is 2.62 bits per heavy atom. The summed E-state index contributed by atoms with van der Waals surface area (Å²) in [6, 6.07) is 0. The van der Waals surface area contributed by atoms with E-state index in [9.17, 15) is 4.79 Å². The van der Waals surface area contributed by atoms with Crippen LogP contribution >= 0.6 is 0 Å². The summed E-state index contributed by atoms with van der Waals surface area (Å²) in [4.78, 5) is 11.9. The van der Waals surface area contributed by atoms with Gasteiger partial charge in [-0.25, -0.2) is 4.68 Å². The summed E-state index contributed by atoms with van der Waals surface area (Å²) < 4.78 is 1.51. The zero-order valence-electron chi connectivity index (χ0n) is 8.53. The van der Waals surface area contributed by atoms with Crippen LogP contribution in [0.5, 0.6) is 0 Å². The van der Waals surface area contributed by atoms with Crippen molar-refractivity contribution >= 4 is 5.78 Å².